The second-order valence-corrected chi connectivity index (χ2v) is 7.70. The summed E-state index contributed by atoms with van der Waals surface area (Å²) in [6.45, 7) is 10.6. The van der Waals surface area contributed by atoms with Crippen molar-refractivity contribution >= 4 is 47.2 Å². The van der Waals surface area contributed by atoms with Crippen molar-refractivity contribution in [3.05, 3.63) is 46.6 Å². The summed E-state index contributed by atoms with van der Waals surface area (Å²) in [6, 6.07) is 8.11. The molecule has 1 saturated heterocycles. The molecule has 1 fully saturated rings. The van der Waals surface area contributed by atoms with E-state index in [0.29, 0.717) is 12.4 Å². The molecule has 0 radical (unpaired) electrons. The molecule has 0 unspecified atom stereocenters. The molecule has 1 aliphatic heterocycles. The molecule has 0 bridgehead atoms. The summed E-state index contributed by atoms with van der Waals surface area (Å²) >= 11 is 6.11. The van der Waals surface area contributed by atoms with E-state index >= 15 is 0 Å². The molecule has 1 aromatic heterocycles. The number of aromatic nitrogens is 1. The summed E-state index contributed by atoms with van der Waals surface area (Å²) in [6.07, 6.45) is 1.06. The fraction of sp³-hybridized carbons (Fsp3) is 0.524. The average Bonchev–Trinajstić information content (AvgIpc) is 3.05. The Hall–Kier alpha value is -1.52. The highest BCUT2D eigenvalue weighted by molar-refractivity contribution is 14.0. The number of benzene rings is 1. The summed E-state index contributed by atoms with van der Waals surface area (Å²) in [5, 5.41) is 7.40. The van der Waals surface area contributed by atoms with Crippen molar-refractivity contribution in [3.8, 4) is 0 Å². The van der Waals surface area contributed by atoms with Gasteiger partial charge >= 0.3 is 0 Å². The van der Waals surface area contributed by atoms with Crippen LogP contribution in [0, 0.1) is 13.8 Å². The summed E-state index contributed by atoms with van der Waals surface area (Å²) in [5.74, 6) is 2.31. The first kappa shape index (κ1) is 24.7. The Bertz CT molecular complexity index is 800. The average molecular weight is 547 g/mol. The van der Waals surface area contributed by atoms with E-state index in [9.17, 15) is 0 Å². The van der Waals surface area contributed by atoms with Gasteiger partial charge in [0.25, 0.3) is 0 Å². The third-order valence-corrected chi connectivity index (χ3v) is 5.43. The number of guanidine groups is 1. The zero-order valence-electron chi connectivity index (χ0n) is 17.9. The monoisotopic (exact) mass is 546 g/mol. The van der Waals surface area contributed by atoms with Gasteiger partial charge < -0.3 is 20.0 Å². The smallest absolute Gasteiger partial charge is 0.214 e. The van der Waals surface area contributed by atoms with Gasteiger partial charge in [0.15, 0.2) is 5.96 Å². The van der Waals surface area contributed by atoms with Crippen LogP contribution in [-0.4, -0.2) is 62.2 Å². The van der Waals surface area contributed by atoms with E-state index in [4.69, 9.17) is 16.0 Å². The number of aliphatic imine (C=N–C) groups is 1. The van der Waals surface area contributed by atoms with Gasteiger partial charge in [-0.3, -0.25) is 9.89 Å². The number of halogens is 2. The van der Waals surface area contributed by atoms with E-state index in [2.05, 4.69) is 36.5 Å². The fourth-order valence-corrected chi connectivity index (χ4v) is 3.59. The van der Waals surface area contributed by atoms with Gasteiger partial charge in [-0.25, -0.2) is 4.98 Å². The number of rotatable bonds is 7. The summed E-state index contributed by atoms with van der Waals surface area (Å²) < 4.78 is 5.59. The topological polar surface area (TPSA) is 68.9 Å². The standard InChI is InChI=1S/C21H31ClN6O.HI/c1-16-17(2)29-20(26-16)15-25-21(23-3)24-8-5-9-27-10-12-28(13-11-27)19-7-4-6-18(22)14-19;/h4,6-7,14H,5,8-13,15H2,1-3H3,(H2,23,24,25);1H. The van der Waals surface area contributed by atoms with Crippen LogP contribution in [0.3, 0.4) is 0 Å². The van der Waals surface area contributed by atoms with Crippen molar-refractivity contribution in [2.24, 2.45) is 4.99 Å². The van der Waals surface area contributed by atoms with Gasteiger partial charge in [0.05, 0.1) is 12.2 Å². The van der Waals surface area contributed by atoms with Gasteiger partial charge in [-0.1, -0.05) is 17.7 Å². The van der Waals surface area contributed by atoms with Gasteiger partial charge in [-0.2, -0.15) is 0 Å². The minimum Gasteiger partial charge on any atom is -0.444 e. The van der Waals surface area contributed by atoms with Gasteiger partial charge in [0.1, 0.15) is 5.76 Å². The van der Waals surface area contributed by atoms with Gasteiger partial charge in [-0.05, 0) is 45.0 Å². The minimum absolute atomic E-state index is 0. The van der Waals surface area contributed by atoms with Crippen LogP contribution in [0.1, 0.15) is 23.8 Å². The lowest BCUT2D eigenvalue weighted by atomic mass is 10.2. The Morgan fingerprint density at radius 1 is 1.20 bits per heavy atom. The van der Waals surface area contributed by atoms with E-state index in [1.54, 1.807) is 7.05 Å². The lowest BCUT2D eigenvalue weighted by Gasteiger charge is -2.36. The lowest BCUT2D eigenvalue weighted by molar-refractivity contribution is 0.255. The quantitative estimate of drug-likeness (QED) is 0.240. The maximum absolute atomic E-state index is 6.11. The number of oxazole rings is 1. The van der Waals surface area contributed by atoms with Crippen molar-refractivity contribution in [1.29, 1.82) is 0 Å². The molecule has 2 heterocycles. The Balaban J connectivity index is 0.00000320. The molecule has 30 heavy (non-hydrogen) atoms. The Morgan fingerprint density at radius 2 is 1.97 bits per heavy atom. The predicted molar refractivity (Wildman–Crippen MR) is 134 cm³/mol. The fourth-order valence-electron chi connectivity index (χ4n) is 3.41. The molecule has 0 aliphatic carbocycles. The van der Waals surface area contributed by atoms with Gasteiger partial charge in [-0.15, -0.1) is 24.0 Å². The molecule has 2 N–H and O–H groups in total. The zero-order chi connectivity index (χ0) is 20.6. The molecular formula is C21H32ClIN6O. The zero-order valence-corrected chi connectivity index (χ0v) is 21.0. The number of anilines is 1. The first-order chi connectivity index (χ1) is 14.0. The van der Waals surface area contributed by atoms with Crippen molar-refractivity contribution in [3.63, 3.8) is 0 Å². The minimum atomic E-state index is 0. The first-order valence-corrected chi connectivity index (χ1v) is 10.5. The molecule has 0 saturated carbocycles. The van der Waals surface area contributed by atoms with Crippen LogP contribution in [0.5, 0.6) is 0 Å². The second kappa shape index (κ2) is 12.4. The number of piperazine rings is 1. The highest BCUT2D eigenvalue weighted by atomic mass is 127. The van der Waals surface area contributed by atoms with Gasteiger partial charge in [0, 0.05) is 50.5 Å². The number of hydrogen-bond acceptors (Lipinski definition) is 5. The predicted octanol–water partition coefficient (Wildman–Crippen LogP) is 3.44. The highest BCUT2D eigenvalue weighted by Crippen LogP contribution is 2.20. The number of hydrogen-bond donors (Lipinski definition) is 2. The molecule has 0 spiro atoms. The Kier molecular flexibility index (Phi) is 10.2. The number of nitrogens with zero attached hydrogens (tertiary/aromatic N) is 4. The van der Waals surface area contributed by atoms with Crippen molar-refractivity contribution < 1.29 is 4.42 Å². The van der Waals surface area contributed by atoms with Crippen LogP contribution >= 0.6 is 35.6 Å². The van der Waals surface area contributed by atoms with E-state index in [1.165, 1.54) is 5.69 Å². The van der Waals surface area contributed by atoms with Crippen LogP contribution in [-0.2, 0) is 6.54 Å². The third kappa shape index (κ3) is 7.31. The first-order valence-electron chi connectivity index (χ1n) is 10.2. The molecule has 0 atom stereocenters. The SMILES string of the molecule is CN=C(NCCCN1CCN(c2cccc(Cl)c2)CC1)NCc1nc(C)c(C)o1.I. The molecule has 7 nitrogen and oxygen atoms in total. The van der Waals surface area contributed by atoms with Crippen LogP contribution in [0.25, 0.3) is 0 Å². The van der Waals surface area contributed by atoms with Crippen molar-refractivity contribution in [1.82, 2.24) is 20.5 Å². The largest absolute Gasteiger partial charge is 0.444 e. The van der Waals surface area contributed by atoms with E-state index in [0.717, 1.165) is 68.1 Å². The number of nitrogens with one attached hydrogen (secondary N) is 2. The lowest BCUT2D eigenvalue weighted by Crippen LogP contribution is -2.47. The Labute approximate surface area is 201 Å². The summed E-state index contributed by atoms with van der Waals surface area (Å²) in [5.41, 5.74) is 2.14. The normalized spacial score (nSPS) is 15.1. The summed E-state index contributed by atoms with van der Waals surface area (Å²) in [4.78, 5) is 13.6. The molecule has 1 aliphatic rings. The molecule has 9 heteroatoms. The number of aryl methyl sites for hydroxylation is 2. The van der Waals surface area contributed by atoms with E-state index < -0.39 is 0 Å². The molecule has 2 aromatic rings. The third-order valence-electron chi connectivity index (χ3n) is 5.19. The van der Waals surface area contributed by atoms with Crippen molar-refractivity contribution in [2.75, 3.05) is 51.2 Å². The second-order valence-electron chi connectivity index (χ2n) is 7.26. The maximum atomic E-state index is 6.11. The van der Waals surface area contributed by atoms with Crippen LogP contribution in [0.2, 0.25) is 5.02 Å². The highest BCUT2D eigenvalue weighted by Gasteiger charge is 2.17. The van der Waals surface area contributed by atoms with Crippen LogP contribution < -0.4 is 15.5 Å². The summed E-state index contributed by atoms with van der Waals surface area (Å²) in [7, 11) is 1.77. The van der Waals surface area contributed by atoms with Gasteiger partial charge in [0.2, 0.25) is 5.89 Å². The molecular weight excluding hydrogens is 515 g/mol. The van der Waals surface area contributed by atoms with E-state index in [1.807, 2.05) is 32.0 Å². The molecule has 0 amide bonds. The molecule has 166 valence electrons. The van der Waals surface area contributed by atoms with Crippen LogP contribution in [0.15, 0.2) is 33.7 Å². The maximum Gasteiger partial charge on any atom is 0.214 e. The Morgan fingerprint density at radius 3 is 2.60 bits per heavy atom. The van der Waals surface area contributed by atoms with E-state index in [-0.39, 0.29) is 24.0 Å². The van der Waals surface area contributed by atoms with Crippen molar-refractivity contribution in [2.45, 2.75) is 26.8 Å². The molecule has 1 aromatic carbocycles. The molecule has 3 rings (SSSR count). The van der Waals surface area contributed by atoms with Crippen LogP contribution in [0.4, 0.5) is 5.69 Å².